The zero-order valence-electron chi connectivity index (χ0n) is 11.5. The molecule has 0 unspecified atom stereocenters. The number of hydrogen-bond donors (Lipinski definition) is 1. The van der Waals surface area contributed by atoms with E-state index in [9.17, 15) is 0 Å². The summed E-state index contributed by atoms with van der Waals surface area (Å²) in [6.07, 6.45) is 2.84. The fourth-order valence-corrected chi connectivity index (χ4v) is 2.44. The zero-order chi connectivity index (χ0) is 14.7. The minimum Gasteiger partial charge on any atom is -0.330 e. The van der Waals surface area contributed by atoms with Gasteiger partial charge in [-0.15, -0.1) is 0 Å². The van der Waals surface area contributed by atoms with Crippen LogP contribution in [-0.2, 0) is 6.42 Å². The van der Waals surface area contributed by atoms with Gasteiger partial charge in [0.2, 0.25) is 0 Å². The summed E-state index contributed by atoms with van der Waals surface area (Å²) in [5.41, 5.74) is 9.91. The number of aromatic nitrogens is 2. The van der Waals surface area contributed by atoms with E-state index in [4.69, 9.17) is 22.4 Å². The molecule has 0 amide bonds. The number of halogens is 1. The summed E-state index contributed by atoms with van der Waals surface area (Å²) in [5.74, 6) is 0. The zero-order valence-corrected chi connectivity index (χ0v) is 12.3. The number of nitrogens with two attached hydrogens (primary N) is 1. The van der Waals surface area contributed by atoms with E-state index in [1.165, 1.54) is 0 Å². The highest BCUT2D eigenvalue weighted by Gasteiger charge is 2.11. The Hall–Kier alpha value is -2.10. The molecule has 2 aromatic carbocycles. The molecule has 0 saturated heterocycles. The molecule has 106 valence electrons. The van der Waals surface area contributed by atoms with Gasteiger partial charge in [-0.05, 0) is 42.8 Å². The van der Waals surface area contributed by atoms with Crippen molar-refractivity contribution in [3.05, 3.63) is 71.4 Å². The van der Waals surface area contributed by atoms with Crippen LogP contribution in [0.2, 0.25) is 5.02 Å². The van der Waals surface area contributed by atoms with Crippen LogP contribution in [0.15, 0.2) is 60.8 Å². The molecule has 3 nitrogen and oxygen atoms in total. The van der Waals surface area contributed by atoms with Gasteiger partial charge in [-0.25, -0.2) is 4.68 Å². The molecular formula is C17H16ClN3. The SMILES string of the molecule is NCCc1cn(-c2ccccc2)nc1-c1ccc(Cl)cc1. The van der Waals surface area contributed by atoms with E-state index in [2.05, 4.69) is 0 Å². The average molecular weight is 298 g/mol. The predicted molar refractivity (Wildman–Crippen MR) is 86.8 cm³/mol. The van der Waals surface area contributed by atoms with Gasteiger partial charge in [0.1, 0.15) is 0 Å². The van der Waals surface area contributed by atoms with Crippen LogP contribution in [-0.4, -0.2) is 16.3 Å². The first-order valence-corrected chi connectivity index (χ1v) is 7.25. The second-order valence-corrected chi connectivity index (χ2v) is 5.27. The van der Waals surface area contributed by atoms with Gasteiger partial charge in [0.05, 0.1) is 11.4 Å². The van der Waals surface area contributed by atoms with E-state index >= 15 is 0 Å². The standard InChI is InChI=1S/C17H16ClN3/c18-15-8-6-13(7-9-15)17-14(10-11-19)12-21(20-17)16-4-2-1-3-5-16/h1-9,12H,10-11,19H2. The molecule has 4 heteroatoms. The first-order valence-electron chi connectivity index (χ1n) is 6.88. The summed E-state index contributed by atoms with van der Waals surface area (Å²) < 4.78 is 1.90. The van der Waals surface area contributed by atoms with E-state index < -0.39 is 0 Å². The Bertz CT molecular complexity index is 718. The molecule has 3 aromatic rings. The fourth-order valence-electron chi connectivity index (χ4n) is 2.31. The van der Waals surface area contributed by atoms with E-state index in [1.54, 1.807) is 0 Å². The molecule has 0 aliphatic carbocycles. The molecule has 0 aliphatic rings. The van der Waals surface area contributed by atoms with E-state index in [0.717, 1.165) is 34.0 Å². The molecule has 0 bridgehead atoms. The Morgan fingerprint density at radius 1 is 1.00 bits per heavy atom. The third kappa shape index (κ3) is 2.99. The number of rotatable bonds is 4. The molecule has 21 heavy (non-hydrogen) atoms. The normalized spacial score (nSPS) is 10.8. The number of nitrogens with zero attached hydrogens (tertiary/aromatic N) is 2. The number of para-hydroxylation sites is 1. The highest BCUT2D eigenvalue weighted by molar-refractivity contribution is 6.30. The molecule has 0 saturated carbocycles. The van der Waals surface area contributed by atoms with Gasteiger partial charge in [0, 0.05) is 16.8 Å². The molecule has 3 rings (SSSR count). The van der Waals surface area contributed by atoms with Gasteiger partial charge in [-0.3, -0.25) is 0 Å². The molecule has 1 aromatic heterocycles. The second-order valence-electron chi connectivity index (χ2n) is 4.83. The van der Waals surface area contributed by atoms with Crippen molar-refractivity contribution in [3.8, 4) is 16.9 Å². The van der Waals surface area contributed by atoms with Crippen molar-refractivity contribution in [2.24, 2.45) is 5.73 Å². The molecule has 0 atom stereocenters. The lowest BCUT2D eigenvalue weighted by Crippen LogP contribution is -2.02. The Balaban J connectivity index is 2.06. The van der Waals surface area contributed by atoms with Gasteiger partial charge in [0.25, 0.3) is 0 Å². The van der Waals surface area contributed by atoms with E-state index in [0.29, 0.717) is 6.54 Å². The maximum absolute atomic E-state index is 5.96. The van der Waals surface area contributed by atoms with Crippen LogP contribution in [0.25, 0.3) is 16.9 Å². The van der Waals surface area contributed by atoms with Gasteiger partial charge in [-0.1, -0.05) is 41.9 Å². The third-order valence-electron chi connectivity index (χ3n) is 3.34. The van der Waals surface area contributed by atoms with Crippen LogP contribution in [0.3, 0.4) is 0 Å². The highest BCUT2D eigenvalue weighted by atomic mass is 35.5. The van der Waals surface area contributed by atoms with Gasteiger partial charge >= 0.3 is 0 Å². The maximum Gasteiger partial charge on any atom is 0.0960 e. The fraction of sp³-hybridized carbons (Fsp3) is 0.118. The Kier molecular flexibility index (Phi) is 4.04. The average Bonchev–Trinajstić information content (AvgIpc) is 2.93. The van der Waals surface area contributed by atoms with Gasteiger partial charge in [-0.2, -0.15) is 5.10 Å². The first kappa shape index (κ1) is 13.9. The topological polar surface area (TPSA) is 43.8 Å². The van der Waals surface area contributed by atoms with Crippen LogP contribution in [0.1, 0.15) is 5.56 Å². The van der Waals surface area contributed by atoms with Crippen molar-refractivity contribution in [2.75, 3.05) is 6.54 Å². The smallest absolute Gasteiger partial charge is 0.0960 e. The van der Waals surface area contributed by atoms with Crippen LogP contribution in [0.4, 0.5) is 0 Å². The van der Waals surface area contributed by atoms with Crippen molar-refractivity contribution < 1.29 is 0 Å². The Labute approximate surface area is 129 Å². The molecule has 0 radical (unpaired) electrons. The molecule has 0 aliphatic heterocycles. The van der Waals surface area contributed by atoms with E-state index in [-0.39, 0.29) is 0 Å². The minimum absolute atomic E-state index is 0.598. The summed E-state index contributed by atoms with van der Waals surface area (Å²) in [6, 6.07) is 17.8. The molecular weight excluding hydrogens is 282 g/mol. The number of benzene rings is 2. The predicted octanol–water partition coefficient (Wildman–Crippen LogP) is 3.69. The van der Waals surface area contributed by atoms with Crippen molar-refractivity contribution in [2.45, 2.75) is 6.42 Å². The summed E-state index contributed by atoms with van der Waals surface area (Å²) in [5, 5.41) is 5.44. The lowest BCUT2D eigenvalue weighted by atomic mass is 10.1. The Morgan fingerprint density at radius 2 is 1.71 bits per heavy atom. The van der Waals surface area contributed by atoms with Crippen LogP contribution < -0.4 is 5.73 Å². The monoisotopic (exact) mass is 297 g/mol. The van der Waals surface area contributed by atoms with E-state index in [1.807, 2.05) is 65.5 Å². The summed E-state index contributed by atoms with van der Waals surface area (Å²) in [6.45, 7) is 0.598. The number of hydrogen-bond acceptors (Lipinski definition) is 2. The quantitative estimate of drug-likeness (QED) is 0.798. The van der Waals surface area contributed by atoms with Gasteiger partial charge < -0.3 is 5.73 Å². The summed E-state index contributed by atoms with van der Waals surface area (Å²) >= 11 is 5.96. The largest absolute Gasteiger partial charge is 0.330 e. The van der Waals surface area contributed by atoms with Crippen molar-refractivity contribution in [1.29, 1.82) is 0 Å². The summed E-state index contributed by atoms with van der Waals surface area (Å²) in [4.78, 5) is 0. The Morgan fingerprint density at radius 3 is 2.38 bits per heavy atom. The van der Waals surface area contributed by atoms with Crippen LogP contribution in [0, 0.1) is 0 Å². The van der Waals surface area contributed by atoms with Crippen molar-refractivity contribution in [3.63, 3.8) is 0 Å². The molecule has 0 spiro atoms. The lowest BCUT2D eigenvalue weighted by Gasteiger charge is -2.01. The first-order chi connectivity index (χ1) is 10.3. The maximum atomic E-state index is 5.96. The summed E-state index contributed by atoms with van der Waals surface area (Å²) in [7, 11) is 0. The third-order valence-corrected chi connectivity index (χ3v) is 3.59. The molecule has 1 heterocycles. The molecule has 0 fully saturated rings. The van der Waals surface area contributed by atoms with Crippen LogP contribution in [0.5, 0.6) is 0 Å². The lowest BCUT2D eigenvalue weighted by molar-refractivity contribution is 0.882. The van der Waals surface area contributed by atoms with Gasteiger partial charge in [0.15, 0.2) is 0 Å². The second kappa shape index (κ2) is 6.12. The highest BCUT2D eigenvalue weighted by Crippen LogP contribution is 2.25. The minimum atomic E-state index is 0.598. The van der Waals surface area contributed by atoms with Crippen molar-refractivity contribution in [1.82, 2.24) is 9.78 Å². The van der Waals surface area contributed by atoms with Crippen molar-refractivity contribution >= 4 is 11.6 Å². The van der Waals surface area contributed by atoms with Crippen LogP contribution >= 0.6 is 11.6 Å². The molecule has 2 N–H and O–H groups in total.